The van der Waals surface area contributed by atoms with E-state index in [4.69, 9.17) is 0 Å². The van der Waals surface area contributed by atoms with E-state index in [2.05, 4.69) is 25.6 Å². The Kier molecular flexibility index (Phi) is 5.20. The van der Waals surface area contributed by atoms with Crippen LogP contribution in [-0.4, -0.2) is 38.6 Å². The van der Waals surface area contributed by atoms with Crippen LogP contribution in [-0.2, 0) is 4.79 Å². The van der Waals surface area contributed by atoms with Gasteiger partial charge < -0.3 is 15.2 Å². The van der Waals surface area contributed by atoms with Gasteiger partial charge in [-0.1, -0.05) is 0 Å². The highest BCUT2D eigenvalue weighted by atomic mass is 19.1. The zero-order chi connectivity index (χ0) is 20.4. The van der Waals surface area contributed by atoms with Gasteiger partial charge in [-0.15, -0.1) is 0 Å². The van der Waals surface area contributed by atoms with Crippen molar-refractivity contribution >= 4 is 11.9 Å². The molecule has 1 fully saturated rings. The van der Waals surface area contributed by atoms with Crippen molar-refractivity contribution in [3.8, 4) is 5.69 Å². The molecular formula is C20H20F2N6O. The topological polar surface area (TPSA) is 84.7 Å². The lowest BCUT2D eigenvalue weighted by Gasteiger charge is -2.15. The van der Waals surface area contributed by atoms with E-state index in [0.29, 0.717) is 18.2 Å². The normalized spacial score (nSPS) is 19.8. The van der Waals surface area contributed by atoms with E-state index < -0.39 is 18.5 Å². The minimum absolute atomic E-state index is 0.219. The van der Waals surface area contributed by atoms with E-state index in [-0.39, 0.29) is 17.8 Å². The van der Waals surface area contributed by atoms with Crippen LogP contribution in [0.15, 0.2) is 49.1 Å². The molecule has 1 aliphatic heterocycles. The van der Waals surface area contributed by atoms with Crippen LogP contribution in [0.2, 0.25) is 0 Å². The molecule has 3 atom stereocenters. The number of amides is 1. The summed E-state index contributed by atoms with van der Waals surface area (Å²) in [6, 6.07) is 7.52. The standard InChI is InChI=1S/C20H20F2N6O/c1-12(17-10-28(11-25-17)15-4-2-14(22)3-5-15)26-20-23-7-6-16(27-20)18-13(8-21)9-24-19(18)29/h2-7,10-13,18H,8-9H2,1H3,(H,24,29)(H,23,26,27)/t12-,13?,18+/m0/s1. The Morgan fingerprint density at radius 2 is 2.07 bits per heavy atom. The van der Waals surface area contributed by atoms with E-state index in [1.54, 1.807) is 35.3 Å². The lowest BCUT2D eigenvalue weighted by Crippen LogP contribution is -2.20. The number of halogens is 2. The maximum atomic E-state index is 13.2. The summed E-state index contributed by atoms with van der Waals surface area (Å²) >= 11 is 0. The van der Waals surface area contributed by atoms with Crippen LogP contribution in [0.25, 0.3) is 5.69 Å². The van der Waals surface area contributed by atoms with Crippen molar-refractivity contribution < 1.29 is 13.6 Å². The largest absolute Gasteiger partial charge is 0.355 e. The van der Waals surface area contributed by atoms with Gasteiger partial charge in [-0.3, -0.25) is 9.18 Å². The van der Waals surface area contributed by atoms with Crippen LogP contribution in [0.3, 0.4) is 0 Å². The summed E-state index contributed by atoms with van der Waals surface area (Å²) in [7, 11) is 0. The molecule has 7 nitrogen and oxygen atoms in total. The number of hydrogen-bond donors (Lipinski definition) is 2. The van der Waals surface area contributed by atoms with E-state index in [0.717, 1.165) is 11.4 Å². The molecule has 0 bridgehead atoms. The van der Waals surface area contributed by atoms with Crippen molar-refractivity contribution in [1.29, 1.82) is 0 Å². The molecule has 9 heteroatoms. The smallest absolute Gasteiger partial charge is 0.229 e. The summed E-state index contributed by atoms with van der Waals surface area (Å²) in [6.45, 7) is 1.62. The Balaban J connectivity index is 1.50. The predicted octanol–water partition coefficient (Wildman–Crippen LogP) is 2.77. The number of carbonyl (C=O) groups is 1. The third kappa shape index (κ3) is 3.94. The minimum Gasteiger partial charge on any atom is -0.355 e. The van der Waals surface area contributed by atoms with Crippen molar-refractivity contribution in [2.75, 3.05) is 18.5 Å². The Morgan fingerprint density at radius 1 is 1.28 bits per heavy atom. The van der Waals surface area contributed by atoms with Gasteiger partial charge in [-0.2, -0.15) is 0 Å². The summed E-state index contributed by atoms with van der Waals surface area (Å²) in [4.78, 5) is 25.1. The highest BCUT2D eigenvalue weighted by Gasteiger charge is 2.37. The van der Waals surface area contributed by atoms with Crippen LogP contribution in [0.4, 0.5) is 14.7 Å². The third-order valence-electron chi connectivity index (χ3n) is 5.00. The Bertz CT molecular complexity index is 1010. The summed E-state index contributed by atoms with van der Waals surface area (Å²) in [5, 5.41) is 5.84. The predicted molar refractivity (Wildman–Crippen MR) is 103 cm³/mol. The zero-order valence-corrected chi connectivity index (χ0v) is 15.7. The average molecular weight is 398 g/mol. The van der Waals surface area contributed by atoms with E-state index in [9.17, 15) is 13.6 Å². The monoisotopic (exact) mass is 398 g/mol. The quantitative estimate of drug-likeness (QED) is 0.667. The SMILES string of the molecule is C[C@H](Nc1nccc([C@@H]2C(=O)NCC2CF)n1)c1cn(-c2ccc(F)cc2)cn1. The fraction of sp³-hybridized carbons (Fsp3) is 0.300. The first-order chi connectivity index (χ1) is 14.0. The number of alkyl halides is 1. The lowest BCUT2D eigenvalue weighted by atomic mass is 9.93. The molecule has 0 radical (unpaired) electrons. The first kappa shape index (κ1) is 19.0. The maximum absolute atomic E-state index is 13.2. The number of hydrogen-bond acceptors (Lipinski definition) is 5. The van der Waals surface area contributed by atoms with Crippen LogP contribution in [0, 0.1) is 11.7 Å². The molecule has 150 valence electrons. The van der Waals surface area contributed by atoms with Gasteiger partial charge in [0, 0.05) is 30.5 Å². The number of rotatable bonds is 6. The molecule has 29 heavy (non-hydrogen) atoms. The van der Waals surface area contributed by atoms with E-state index >= 15 is 0 Å². The molecule has 0 spiro atoms. The zero-order valence-electron chi connectivity index (χ0n) is 15.7. The number of carbonyl (C=O) groups excluding carboxylic acids is 1. The fourth-order valence-corrected chi connectivity index (χ4v) is 3.39. The molecule has 2 N–H and O–H groups in total. The molecule has 1 aliphatic rings. The van der Waals surface area contributed by atoms with Gasteiger partial charge in [0.25, 0.3) is 0 Å². The molecule has 1 unspecified atom stereocenters. The van der Waals surface area contributed by atoms with Gasteiger partial charge >= 0.3 is 0 Å². The summed E-state index contributed by atoms with van der Waals surface area (Å²) in [6.07, 6.45) is 5.03. The fourth-order valence-electron chi connectivity index (χ4n) is 3.39. The molecule has 3 heterocycles. The van der Waals surface area contributed by atoms with Crippen molar-refractivity contribution in [2.24, 2.45) is 5.92 Å². The highest BCUT2D eigenvalue weighted by Crippen LogP contribution is 2.29. The van der Waals surface area contributed by atoms with Crippen LogP contribution >= 0.6 is 0 Å². The van der Waals surface area contributed by atoms with Gasteiger partial charge in [-0.05, 0) is 37.3 Å². The van der Waals surface area contributed by atoms with Crippen molar-refractivity contribution in [3.05, 3.63) is 66.3 Å². The first-order valence-corrected chi connectivity index (χ1v) is 9.28. The number of nitrogens with one attached hydrogen (secondary N) is 2. The van der Waals surface area contributed by atoms with Crippen molar-refractivity contribution in [2.45, 2.75) is 18.9 Å². The maximum Gasteiger partial charge on any atom is 0.229 e. The number of aromatic nitrogens is 4. The van der Waals surface area contributed by atoms with E-state index in [1.807, 2.05) is 13.1 Å². The lowest BCUT2D eigenvalue weighted by molar-refractivity contribution is -0.120. The molecule has 0 aliphatic carbocycles. The third-order valence-corrected chi connectivity index (χ3v) is 5.00. The van der Waals surface area contributed by atoms with Gasteiger partial charge in [0.05, 0.1) is 36.3 Å². The van der Waals surface area contributed by atoms with Crippen LogP contribution < -0.4 is 10.6 Å². The second-order valence-corrected chi connectivity index (χ2v) is 6.99. The van der Waals surface area contributed by atoms with Gasteiger partial charge in [-0.25, -0.2) is 19.3 Å². The minimum atomic E-state index is -0.614. The molecule has 1 saturated heterocycles. The van der Waals surface area contributed by atoms with Gasteiger partial charge in [0.2, 0.25) is 11.9 Å². The molecular weight excluding hydrogens is 378 g/mol. The van der Waals surface area contributed by atoms with Crippen LogP contribution in [0.1, 0.15) is 30.3 Å². The van der Waals surface area contributed by atoms with Crippen molar-refractivity contribution in [1.82, 2.24) is 24.8 Å². The Morgan fingerprint density at radius 3 is 2.83 bits per heavy atom. The number of anilines is 1. The van der Waals surface area contributed by atoms with E-state index in [1.165, 1.54) is 12.1 Å². The Labute approximate surface area is 166 Å². The summed E-state index contributed by atoms with van der Waals surface area (Å²) < 4.78 is 28.1. The first-order valence-electron chi connectivity index (χ1n) is 9.28. The second-order valence-electron chi connectivity index (χ2n) is 6.99. The number of imidazole rings is 1. The second kappa shape index (κ2) is 7.94. The highest BCUT2D eigenvalue weighted by molar-refractivity contribution is 5.85. The van der Waals surface area contributed by atoms with Gasteiger partial charge in [0.1, 0.15) is 5.82 Å². The number of nitrogens with zero attached hydrogens (tertiary/aromatic N) is 4. The Hall–Kier alpha value is -3.36. The molecule has 1 amide bonds. The molecule has 4 rings (SSSR count). The molecule has 1 aromatic carbocycles. The molecule has 2 aromatic heterocycles. The summed E-state index contributed by atoms with van der Waals surface area (Å²) in [5.74, 6) is -1.22. The van der Waals surface area contributed by atoms with Crippen molar-refractivity contribution in [3.63, 3.8) is 0 Å². The average Bonchev–Trinajstić information content (AvgIpc) is 3.35. The van der Waals surface area contributed by atoms with Gasteiger partial charge in [0.15, 0.2) is 0 Å². The molecule has 0 saturated carbocycles. The number of benzene rings is 1. The summed E-state index contributed by atoms with van der Waals surface area (Å²) in [5.41, 5.74) is 2.02. The van der Waals surface area contributed by atoms with Crippen LogP contribution in [0.5, 0.6) is 0 Å². The molecule has 3 aromatic rings.